The summed E-state index contributed by atoms with van der Waals surface area (Å²) >= 11 is 6.13. The molecule has 0 aliphatic rings. The molecule has 0 saturated carbocycles. The molecular weight excluding hydrogens is 396 g/mol. The van der Waals surface area contributed by atoms with Gasteiger partial charge in [-0.2, -0.15) is 0 Å². The van der Waals surface area contributed by atoms with Crippen molar-refractivity contribution < 1.29 is 19.2 Å². The second-order valence-corrected chi connectivity index (χ2v) is 6.41. The molecule has 0 aliphatic carbocycles. The van der Waals surface area contributed by atoms with Crippen LogP contribution in [0.5, 0.6) is 11.5 Å². The number of hydrogen-bond donors (Lipinski definition) is 1. The Balaban J connectivity index is 1.89. The SMILES string of the molecule is COc1cccc(NC(=O)[C@@H](Oc2ccc([N+](=O)[O-])cc2Cl)c2ccccc2)c1. The van der Waals surface area contributed by atoms with E-state index in [2.05, 4.69) is 5.32 Å². The number of methoxy groups -OCH3 is 1. The van der Waals surface area contributed by atoms with Gasteiger partial charge in [0.15, 0.2) is 0 Å². The number of nitro benzene ring substituents is 1. The highest BCUT2D eigenvalue weighted by molar-refractivity contribution is 6.32. The molecule has 0 heterocycles. The van der Waals surface area contributed by atoms with Crippen LogP contribution in [0.25, 0.3) is 0 Å². The fraction of sp³-hybridized carbons (Fsp3) is 0.0952. The van der Waals surface area contributed by atoms with Crippen LogP contribution in [0.1, 0.15) is 11.7 Å². The molecule has 0 fully saturated rings. The van der Waals surface area contributed by atoms with E-state index < -0.39 is 16.9 Å². The maximum absolute atomic E-state index is 13.0. The molecule has 29 heavy (non-hydrogen) atoms. The molecule has 0 bridgehead atoms. The van der Waals surface area contributed by atoms with Crippen LogP contribution < -0.4 is 14.8 Å². The van der Waals surface area contributed by atoms with Crippen LogP contribution >= 0.6 is 11.6 Å². The number of nitrogens with one attached hydrogen (secondary N) is 1. The average Bonchev–Trinajstić information content (AvgIpc) is 2.73. The van der Waals surface area contributed by atoms with Gasteiger partial charge in [-0.15, -0.1) is 0 Å². The van der Waals surface area contributed by atoms with Crippen molar-refractivity contribution in [3.63, 3.8) is 0 Å². The van der Waals surface area contributed by atoms with Crippen molar-refractivity contribution in [3.8, 4) is 11.5 Å². The molecule has 0 unspecified atom stereocenters. The van der Waals surface area contributed by atoms with E-state index in [-0.39, 0.29) is 16.5 Å². The number of benzene rings is 3. The van der Waals surface area contributed by atoms with Crippen LogP contribution in [-0.2, 0) is 4.79 Å². The number of amides is 1. The van der Waals surface area contributed by atoms with Crippen LogP contribution in [0.2, 0.25) is 5.02 Å². The molecule has 0 spiro atoms. The van der Waals surface area contributed by atoms with E-state index in [1.165, 1.54) is 25.3 Å². The van der Waals surface area contributed by atoms with Gasteiger partial charge in [-0.1, -0.05) is 48.0 Å². The fourth-order valence-electron chi connectivity index (χ4n) is 2.64. The standard InChI is InChI=1S/C21H17ClN2O5/c1-28-17-9-5-8-15(12-17)23-21(25)20(14-6-3-2-4-7-14)29-19-11-10-16(24(26)27)13-18(19)22/h2-13,20H,1H3,(H,23,25)/t20-/m0/s1. The van der Waals surface area contributed by atoms with E-state index >= 15 is 0 Å². The molecule has 3 aromatic rings. The highest BCUT2D eigenvalue weighted by Crippen LogP contribution is 2.33. The molecule has 1 amide bonds. The number of carbonyl (C=O) groups excluding carboxylic acids is 1. The molecule has 148 valence electrons. The molecular formula is C21H17ClN2O5. The van der Waals surface area contributed by atoms with Gasteiger partial charge in [0.1, 0.15) is 11.5 Å². The zero-order valence-electron chi connectivity index (χ0n) is 15.4. The number of nitro groups is 1. The predicted octanol–water partition coefficient (Wildman–Crippen LogP) is 5.02. The van der Waals surface area contributed by atoms with Gasteiger partial charge in [-0.3, -0.25) is 14.9 Å². The first kappa shape index (κ1) is 20.2. The number of hydrogen-bond acceptors (Lipinski definition) is 5. The minimum absolute atomic E-state index is 0.0364. The molecule has 0 aromatic heterocycles. The maximum Gasteiger partial charge on any atom is 0.271 e. The van der Waals surface area contributed by atoms with Crippen molar-refractivity contribution in [1.29, 1.82) is 0 Å². The summed E-state index contributed by atoms with van der Waals surface area (Å²) in [5, 5.41) is 13.7. The smallest absolute Gasteiger partial charge is 0.271 e. The maximum atomic E-state index is 13.0. The van der Waals surface area contributed by atoms with Gasteiger partial charge >= 0.3 is 0 Å². The molecule has 8 heteroatoms. The predicted molar refractivity (Wildman–Crippen MR) is 110 cm³/mol. The monoisotopic (exact) mass is 412 g/mol. The van der Waals surface area contributed by atoms with Crippen molar-refractivity contribution >= 4 is 28.9 Å². The Labute approximate surface area is 172 Å². The Morgan fingerprint density at radius 2 is 1.83 bits per heavy atom. The molecule has 3 aromatic carbocycles. The van der Waals surface area contributed by atoms with Crippen LogP contribution in [0.15, 0.2) is 72.8 Å². The Bertz CT molecular complexity index is 1030. The first-order valence-corrected chi connectivity index (χ1v) is 8.96. The van der Waals surface area contributed by atoms with Gasteiger partial charge in [0.05, 0.1) is 17.1 Å². The van der Waals surface area contributed by atoms with Gasteiger partial charge in [0.25, 0.3) is 11.6 Å². The van der Waals surface area contributed by atoms with Crippen LogP contribution in [0.4, 0.5) is 11.4 Å². The van der Waals surface area contributed by atoms with Crippen molar-refractivity contribution in [2.75, 3.05) is 12.4 Å². The fourth-order valence-corrected chi connectivity index (χ4v) is 2.85. The Morgan fingerprint density at radius 1 is 1.07 bits per heavy atom. The average molecular weight is 413 g/mol. The highest BCUT2D eigenvalue weighted by atomic mass is 35.5. The molecule has 1 N–H and O–H groups in total. The second-order valence-electron chi connectivity index (χ2n) is 6.00. The van der Waals surface area contributed by atoms with Crippen molar-refractivity contribution in [2.45, 2.75) is 6.10 Å². The van der Waals surface area contributed by atoms with Gasteiger partial charge in [-0.05, 0) is 18.2 Å². The number of non-ortho nitro benzene ring substituents is 1. The van der Waals surface area contributed by atoms with E-state index in [1.807, 2.05) is 6.07 Å². The van der Waals surface area contributed by atoms with E-state index in [0.29, 0.717) is 17.0 Å². The molecule has 1 atom stereocenters. The minimum Gasteiger partial charge on any atom is -0.497 e. The van der Waals surface area contributed by atoms with E-state index in [0.717, 1.165) is 0 Å². The first-order valence-electron chi connectivity index (χ1n) is 8.58. The Morgan fingerprint density at radius 3 is 2.48 bits per heavy atom. The van der Waals surface area contributed by atoms with E-state index in [9.17, 15) is 14.9 Å². The lowest BCUT2D eigenvalue weighted by molar-refractivity contribution is -0.384. The second kappa shape index (κ2) is 9.07. The number of anilines is 1. The molecule has 0 radical (unpaired) electrons. The Kier molecular flexibility index (Phi) is 6.31. The molecule has 0 aliphatic heterocycles. The van der Waals surface area contributed by atoms with Crippen molar-refractivity contribution in [3.05, 3.63) is 93.5 Å². The third-order valence-electron chi connectivity index (χ3n) is 4.05. The van der Waals surface area contributed by atoms with E-state index in [4.69, 9.17) is 21.1 Å². The van der Waals surface area contributed by atoms with Gasteiger partial charge in [-0.25, -0.2) is 0 Å². The number of ether oxygens (including phenoxy) is 2. The third kappa shape index (κ3) is 5.03. The summed E-state index contributed by atoms with van der Waals surface area (Å²) < 4.78 is 11.0. The van der Waals surface area contributed by atoms with E-state index in [1.54, 1.807) is 48.5 Å². The number of rotatable bonds is 7. The summed E-state index contributed by atoms with van der Waals surface area (Å²) in [6.07, 6.45) is -1.03. The lowest BCUT2D eigenvalue weighted by Crippen LogP contribution is -2.25. The summed E-state index contributed by atoms with van der Waals surface area (Å²) in [5.41, 5.74) is 0.968. The quantitative estimate of drug-likeness (QED) is 0.434. The summed E-state index contributed by atoms with van der Waals surface area (Å²) in [6.45, 7) is 0. The number of nitrogens with zero attached hydrogens (tertiary/aromatic N) is 1. The summed E-state index contributed by atoms with van der Waals surface area (Å²) in [4.78, 5) is 23.3. The lowest BCUT2D eigenvalue weighted by atomic mass is 10.1. The topological polar surface area (TPSA) is 90.7 Å². The summed E-state index contributed by atoms with van der Waals surface area (Å²) in [7, 11) is 1.54. The number of carbonyl (C=O) groups is 1. The van der Waals surface area contributed by atoms with Gasteiger partial charge in [0.2, 0.25) is 6.10 Å². The highest BCUT2D eigenvalue weighted by Gasteiger charge is 2.24. The molecule has 3 rings (SSSR count). The normalized spacial score (nSPS) is 11.4. The lowest BCUT2D eigenvalue weighted by Gasteiger charge is -2.20. The third-order valence-corrected chi connectivity index (χ3v) is 4.34. The van der Waals surface area contributed by atoms with Crippen LogP contribution in [0, 0.1) is 10.1 Å². The summed E-state index contributed by atoms with van der Waals surface area (Å²) in [6, 6.07) is 19.6. The van der Waals surface area contributed by atoms with Gasteiger partial charge < -0.3 is 14.8 Å². The summed E-state index contributed by atoms with van der Waals surface area (Å²) in [5.74, 6) is 0.323. The van der Waals surface area contributed by atoms with Crippen molar-refractivity contribution in [1.82, 2.24) is 0 Å². The number of halogens is 1. The van der Waals surface area contributed by atoms with Crippen molar-refractivity contribution in [2.24, 2.45) is 0 Å². The van der Waals surface area contributed by atoms with Crippen LogP contribution in [-0.4, -0.2) is 17.9 Å². The molecule has 7 nitrogen and oxygen atoms in total. The van der Waals surface area contributed by atoms with Gasteiger partial charge in [0, 0.05) is 29.4 Å². The zero-order chi connectivity index (χ0) is 20.8. The zero-order valence-corrected chi connectivity index (χ0v) is 16.1. The molecule has 0 saturated heterocycles. The minimum atomic E-state index is -1.03. The van der Waals surface area contributed by atoms with Crippen LogP contribution in [0.3, 0.4) is 0 Å². The Hall–Kier alpha value is -3.58. The largest absolute Gasteiger partial charge is 0.497 e. The first-order chi connectivity index (χ1) is 14.0.